The molecule has 7 nitrogen and oxygen atoms in total. The van der Waals surface area contributed by atoms with Crippen molar-refractivity contribution in [3.63, 3.8) is 0 Å². The van der Waals surface area contributed by atoms with Crippen molar-refractivity contribution in [3.05, 3.63) is 35.5 Å². The highest BCUT2D eigenvalue weighted by Crippen LogP contribution is 2.25. The average Bonchev–Trinajstić information content (AvgIpc) is 3.13. The van der Waals surface area contributed by atoms with Gasteiger partial charge in [-0.25, -0.2) is 4.79 Å². The lowest BCUT2D eigenvalue weighted by Gasteiger charge is -2.14. The first kappa shape index (κ1) is 15.3. The number of aromatic nitrogens is 1. The largest absolute Gasteiger partial charge is 0.378 e. The number of urea groups is 1. The molecule has 0 spiro atoms. The smallest absolute Gasteiger partial charge is 0.321 e. The molecule has 0 radical (unpaired) electrons. The van der Waals surface area contributed by atoms with Crippen LogP contribution in [0.4, 0.5) is 21.2 Å². The molecule has 0 atom stereocenters. The Kier molecular flexibility index (Phi) is 4.16. The van der Waals surface area contributed by atoms with Gasteiger partial charge in [0.1, 0.15) is 5.00 Å². The first-order valence-electron chi connectivity index (χ1n) is 7.21. The summed E-state index contributed by atoms with van der Waals surface area (Å²) >= 11 is 1.26. The highest BCUT2D eigenvalue weighted by Gasteiger charge is 2.21. The maximum Gasteiger partial charge on any atom is 0.321 e. The van der Waals surface area contributed by atoms with Gasteiger partial charge in [0.2, 0.25) is 0 Å². The molecule has 3 amide bonds. The van der Waals surface area contributed by atoms with Crippen LogP contribution in [-0.2, 0) is 0 Å². The van der Waals surface area contributed by atoms with Crippen molar-refractivity contribution < 1.29 is 9.59 Å². The third-order valence-corrected chi connectivity index (χ3v) is 4.57. The molecular weight excluding hydrogens is 314 g/mol. The lowest BCUT2D eigenvalue weighted by atomic mass is 10.2. The van der Waals surface area contributed by atoms with Crippen molar-refractivity contribution in [3.8, 4) is 0 Å². The van der Waals surface area contributed by atoms with Crippen LogP contribution in [0.25, 0.3) is 0 Å². The van der Waals surface area contributed by atoms with E-state index in [0.29, 0.717) is 30.0 Å². The van der Waals surface area contributed by atoms with Crippen molar-refractivity contribution in [1.82, 2.24) is 9.69 Å². The SMILES string of the molecule is CNc1snc(C)c1C(=O)Nc1ccc(N2CCNC2=O)cc1. The molecule has 1 aromatic heterocycles. The minimum Gasteiger partial charge on any atom is -0.378 e. The molecule has 8 heteroatoms. The summed E-state index contributed by atoms with van der Waals surface area (Å²) in [7, 11) is 1.76. The van der Waals surface area contributed by atoms with E-state index in [2.05, 4.69) is 20.3 Å². The van der Waals surface area contributed by atoms with Crippen molar-refractivity contribution in [2.75, 3.05) is 35.7 Å². The molecule has 0 aliphatic carbocycles. The molecule has 2 heterocycles. The number of benzene rings is 1. The lowest BCUT2D eigenvalue weighted by molar-refractivity contribution is 0.102. The van der Waals surface area contributed by atoms with Crippen molar-refractivity contribution >= 4 is 39.8 Å². The fraction of sp³-hybridized carbons (Fsp3) is 0.267. The first-order valence-corrected chi connectivity index (χ1v) is 7.98. The Morgan fingerprint density at radius 1 is 1.35 bits per heavy atom. The monoisotopic (exact) mass is 331 g/mol. The Hall–Kier alpha value is -2.61. The van der Waals surface area contributed by atoms with Crippen LogP contribution in [0.2, 0.25) is 0 Å². The standard InChI is InChI=1S/C15H17N5O2S/c1-9-12(14(16-2)23-19-9)13(21)18-10-3-5-11(6-4-10)20-8-7-17-15(20)22/h3-6,16H,7-8H2,1-2H3,(H,17,22)(H,18,21). The number of hydrogen-bond donors (Lipinski definition) is 3. The molecule has 0 bridgehead atoms. The van der Waals surface area contributed by atoms with Gasteiger partial charge in [-0.05, 0) is 42.7 Å². The van der Waals surface area contributed by atoms with Gasteiger partial charge in [-0.3, -0.25) is 9.69 Å². The fourth-order valence-corrected chi connectivity index (χ4v) is 3.19. The van der Waals surface area contributed by atoms with E-state index in [0.717, 1.165) is 10.7 Å². The maximum atomic E-state index is 12.4. The van der Waals surface area contributed by atoms with Gasteiger partial charge in [-0.2, -0.15) is 4.37 Å². The number of nitrogens with zero attached hydrogens (tertiary/aromatic N) is 2. The van der Waals surface area contributed by atoms with Gasteiger partial charge in [0.15, 0.2) is 0 Å². The normalized spacial score (nSPS) is 13.8. The molecule has 0 saturated carbocycles. The number of carbonyl (C=O) groups excluding carboxylic acids is 2. The number of aryl methyl sites for hydroxylation is 1. The summed E-state index contributed by atoms with van der Waals surface area (Å²) in [5.74, 6) is -0.202. The van der Waals surface area contributed by atoms with E-state index >= 15 is 0 Å². The Labute approximate surface area is 137 Å². The van der Waals surface area contributed by atoms with E-state index in [1.807, 2.05) is 12.1 Å². The van der Waals surface area contributed by atoms with Crippen LogP contribution in [0.3, 0.4) is 0 Å². The minimum absolute atomic E-state index is 0.0968. The van der Waals surface area contributed by atoms with Gasteiger partial charge in [-0.1, -0.05) is 0 Å². The van der Waals surface area contributed by atoms with Crippen LogP contribution in [0.1, 0.15) is 16.1 Å². The molecule has 0 unspecified atom stereocenters. The van der Waals surface area contributed by atoms with Gasteiger partial charge < -0.3 is 16.0 Å². The molecule has 2 aromatic rings. The second-order valence-electron chi connectivity index (χ2n) is 5.11. The van der Waals surface area contributed by atoms with Gasteiger partial charge in [0, 0.05) is 31.5 Å². The second-order valence-corrected chi connectivity index (χ2v) is 5.88. The van der Waals surface area contributed by atoms with E-state index in [1.165, 1.54) is 11.5 Å². The number of nitrogens with one attached hydrogen (secondary N) is 3. The van der Waals surface area contributed by atoms with Gasteiger partial charge >= 0.3 is 6.03 Å². The van der Waals surface area contributed by atoms with Crippen LogP contribution in [0, 0.1) is 6.92 Å². The van der Waals surface area contributed by atoms with Crippen LogP contribution in [0.15, 0.2) is 24.3 Å². The van der Waals surface area contributed by atoms with E-state index in [1.54, 1.807) is 31.0 Å². The maximum absolute atomic E-state index is 12.4. The van der Waals surface area contributed by atoms with Crippen LogP contribution in [0.5, 0.6) is 0 Å². The Morgan fingerprint density at radius 2 is 2.09 bits per heavy atom. The highest BCUT2D eigenvalue weighted by molar-refractivity contribution is 7.10. The molecule has 1 aromatic carbocycles. The van der Waals surface area contributed by atoms with E-state index in [9.17, 15) is 9.59 Å². The van der Waals surface area contributed by atoms with E-state index in [4.69, 9.17) is 0 Å². The van der Waals surface area contributed by atoms with Crippen molar-refractivity contribution in [1.29, 1.82) is 0 Å². The summed E-state index contributed by atoms with van der Waals surface area (Å²) in [4.78, 5) is 25.7. The van der Waals surface area contributed by atoms with E-state index < -0.39 is 0 Å². The van der Waals surface area contributed by atoms with E-state index in [-0.39, 0.29) is 11.9 Å². The molecule has 1 aliphatic heterocycles. The second kappa shape index (κ2) is 6.25. The quantitative estimate of drug-likeness (QED) is 0.802. The third-order valence-electron chi connectivity index (χ3n) is 3.61. The predicted octanol–water partition coefficient (Wildman–Crippen LogP) is 2.28. The van der Waals surface area contributed by atoms with Crippen LogP contribution >= 0.6 is 11.5 Å². The lowest BCUT2D eigenvalue weighted by Crippen LogP contribution is -2.27. The number of rotatable bonds is 4. The Balaban J connectivity index is 1.74. The zero-order chi connectivity index (χ0) is 16.4. The van der Waals surface area contributed by atoms with Crippen molar-refractivity contribution in [2.45, 2.75) is 6.92 Å². The first-order chi connectivity index (χ1) is 11.1. The molecule has 1 fully saturated rings. The highest BCUT2D eigenvalue weighted by atomic mass is 32.1. The summed E-state index contributed by atoms with van der Waals surface area (Å²) in [6.45, 7) is 3.10. The van der Waals surface area contributed by atoms with Crippen molar-refractivity contribution in [2.24, 2.45) is 0 Å². The minimum atomic E-state index is -0.202. The molecule has 1 aliphatic rings. The fourth-order valence-electron chi connectivity index (χ4n) is 2.44. The molecule has 120 valence electrons. The molecule has 3 rings (SSSR count). The zero-order valence-electron chi connectivity index (χ0n) is 12.8. The molecule has 23 heavy (non-hydrogen) atoms. The average molecular weight is 331 g/mol. The summed E-state index contributed by atoms with van der Waals surface area (Å²) in [5, 5.41) is 9.33. The van der Waals surface area contributed by atoms with Gasteiger partial charge in [-0.15, -0.1) is 0 Å². The number of hydrogen-bond acceptors (Lipinski definition) is 5. The predicted molar refractivity (Wildman–Crippen MR) is 91.5 cm³/mol. The van der Waals surface area contributed by atoms with Gasteiger partial charge in [0.25, 0.3) is 5.91 Å². The Morgan fingerprint density at radius 3 is 2.70 bits per heavy atom. The van der Waals surface area contributed by atoms with Crippen LogP contribution < -0.4 is 20.9 Å². The molecule has 1 saturated heterocycles. The molecule has 3 N–H and O–H groups in total. The summed E-state index contributed by atoms with van der Waals surface area (Å²) in [6, 6.07) is 7.11. The Bertz CT molecular complexity index is 741. The zero-order valence-corrected chi connectivity index (χ0v) is 13.7. The summed E-state index contributed by atoms with van der Waals surface area (Å²) < 4.78 is 4.19. The van der Waals surface area contributed by atoms with Crippen LogP contribution in [-0.4, -0.2) is 36.4 Å². The number of anilines is 3. The summed E-state index contributed by atoms with van der Waals surface area (Å²) in [5.41, 5.74) is 2.73. The number of amides is 3. The summed E-state index contributed by atoms with van der Waals surface area (Å²) in [6.07, 6.45) is 0. The molecular formula is C15H17N5O2S. The van der Waals surface area contributed by atoms with Gasteiger partial charge in [0.05, 0.1) is 11.3 Å². The topological polar surface area (TPSA) is 86.4 Å². The third kappa shape index (κ3) is 2.98. The number of carbonyl (C=O) groups is 2.